The predicted molar refractivity (Wildman–Crippen MR) is 100 cm³/mol. The molecule has 0 unspecified atom stereocenters. The highest BCUT2D eigenvalue weighted by atomic mass is 79.9. The summed E-state index contributed by atoms with van der Waals surface area (Å²) in [6.07, 6.45) is 0.601. The Bertz CT molecular complexity index is 808. The second-order valence-electron chi connectivity index (χ2n) is 5.23. The molecule has 0 N–H and O–H groups in total. The number of hydrogen-bond acceptors (Lipinski definition) is 3. The van der Waals surface area contributed by atoms with Crippen molar-refractivity contribution in [2.24, 2.45) is 0 Å². The molecule has 1 amide bonds. The number of nitrogens with zero attached hydrogens (tertiary/aromatic N) is 1. The van der Waals surface area contributed by atoms with Crippen LogP contribution in [0.15, 0.2) is 45.3 Å². The van der Waals surface area contributed by atoms with Gasteiger partial charge in [0.05, 0.1) is 17.9 Å². The first-order chi connectivity index (χ1) is 11.5. The van der Waals surface area contributed by atoms with Crippen LogP contribution >= 0.6 is 43.5 Å². The Labute approximate surface area is 161 Å². The quantitative estimate of drug-likeness (QED) is 0.460. The van der Waals surface area contributed by atoms with E-state index in [0.29, 0.717) is 46.1 Å². The molecule has 0 aliphatic carbocycles. The Morgan fingerprint density at radius 1 is 1.08 bits per heavy atom. The SMILES string of the molecule is O=C1C(=O)N(CCCOc2ccc(Cl)cc2)c2c(Br)cc(Br)cc21. The fraction of sp³-hybridized carbons (Fsp3) is 0.176. The van der Waals surface area contributed by atoms with Crippen LogP contribution in [-0.4, -0.2) is 24.8 Å². The number of carbonyl (C=O) groups is 2. The number of ether oxygens (including phenoxy) is 1. The van der Waals surface area contributed by atoms with Crippen LogP contribution in [0.2, 0.25) is 5.02 Å². The molecule has 0 atom stereocenters. The molecule has 0 radical (unpaired) electrons. The number of halogens is 3. The minimum Gasteiger partial charge on any atom is -0.494 e. The number of fused-ring (bicyclic) bond motifs is 1. The van der Waals surface area contributed by atoms with E-state index in [-0.39, 0.29) is 0 Å². The molecule has 0 bridgehead atoms. The van der Waals surface area contributed by atoms with E-state index in [4.69, 9.17) is 16.3 Å². The first-order valence-corrected chi connectivity index (χ1v) is 9.17. The number of benzene rings is 2. The number of anilines is 1. The van der Waals surface area contributed by atoms with Crippen LogP contribution in [0.4, 0.5) is 5.69 Å². The van der Waals surface area contributed by atoms with Crippen molar-refractivity contribution in [2.75, 3.05) is 18.1 Å². The standard InChI is InChI=1S/C17H12Br2ClNO3/c18-10-8-13-15(14(19)9-10)21(17(23)16(13)22)6-1-7-24-12-4-2-11(20)3-5-12/h2-5,8-9H,1,6-7H2. The molecule has 2 aromatic rings. The third-order valence-electron chi connectivity index (χ3n) is 3.59. The van der Waals surface area contributed by atoms with Gasteiger partial charge >= 0.3 is 0 Å². The topological polar surface area (TPSA) is 46.6 Å². The number of ketones is 1. The van der Waals surface area contributed by atoms with Gasteiger partial charge in [0.1, 0.15) is 5.75 Å². The van der Waals surface area contributed by atoms with Gasteiger partial charge in [-0.25, -0.2) is 0 Å². The number of Topliss-reactive ketones (excluding diaryl/α,β-unsaturated/α-hetero) is 1. The maximum Gasteiger partial charge on any atom is 0.299 e. The third kappa shape index (κ3) is 3.50. The molecule has 7 heteroatoms. The lowest BCUT2D eigenvalue weighted by Crippen LogP contribution is -2.31. The van der Waals surface area contributed by atoms with E-state index in [0.717, 1.165) is 4.47 Å². The van der Waals surface area contributed by atoms with Gasteiger partial charge in [-0.05, 0) is 58.7 Å². The molecule has 2 aromatic carbocycles. The number of rotatable bonds is 5. The molecule has 124 valence electrons. The summed E-state index contributed by atoms with van der Waals surface area (Å²) < 4.78 is 7.08. The zero-order valence-electron chi connectivity index (χ0n) is 12.4. The van der Waals surface area contributed by atoms with E-state index in [2.05, 4.69) is 31.9 Å². The minimum absolute atomic E-state index is 0.408. The van der Waals surface area contributed by atoms with Gasteiger partial charge < -0.3 is 9.64 Å². The van der Waals surface area contributed by atoms with Gasteiger partial charge in [0.15, 0.2) is 0 Å². The Morgan fingerprint density at radius 2 is 1.79 bits per heavy atom. The third-order valence-corrected chi connectivity index (χ3v) is 4.90. The van der Waals surface area contributed by atoms with Crippen LogP contribution in [0.3, 0.4) is 0 Å². The van der Waals surface area contributed by atoms with Crippen molar-refractivity contribution >= 4 is 60.8 Å². The van der Waals surface area contributed by atoms with Gasteiger partial charge in [0.2, 0.25) is 0 Å². The summed E-state index contributed by atoms with van der Waals surface area (Å²) in [6, 6.07) is 10.6. The molecule has 0 saturated heterocycles. The highest BCUT2D eigenvalue weighted by molar-refractivity contribution is 9.11. The Kier molecular flexibility index (Phi) is 5.27. The van der Waals surface area contributed by atoms with Gasteiger partial charge in [-0.3, -0.25) is 9.59 Å². The zero-order valence-corrected chi connectivity index (χ0v) is 16.3. The highest BCUT2D eigenvalue weighted by Crippen LogP contribution is 2.38. The molecule has 1 aliphatic rings. The molecule has 24 heavy (non-hydrogen) atoms. The average Bonchev–Trinajstić information content (AvgIpc) is 2.78. The van der Waals surface area contributed by atoms with Crippen molar-refractivity contribution < 1.29 is 14.3 Å². The van der Waals surface area contributed by atoms with Crippen molar-refractivity contribution in [1.29, 1.82) is 0 Å². The number of hydrogen-bond donors (Lipinski definition) is 0. The second-order valence-corrected chi connectivity index (χ2v) is 7.43. The second kappa shape index (κ2) is 7.25. The van der Waals surface area contributed by atoms with Gasteiger partial charge in [-0.1, -0.05) is 27.5 Å². The Hall–Kier alpha value is -1.37. The lowest BCUT2D eigenvalue weighted by molar-refractivity contribution is -0.114. The first-order valence-electron chi connectivity index (χ1n) is 7.21. The smallest absolute Gasteiger partial charge is 0.299 e. The fourth-order valence-corrected chi connectivity index (χ4v) is 4.07. The lowest BCUT2D eigenvalue weighted by Gasteiger charge is -2.18. The van der Waals surface area contributed by atoms with Gasteiger partial charge in [-0.15, -0.1) is 0 Å². The number of amides is 1. The van der Waals surface area contributed by atoms with Crippen molar-refractivity contribution in [3.05, 3.63) is 55.9 Å². The molecular weight excluding hydrogens is 461 g/mol. The fourth-order valence-electron chi connectivity index (χ4n) is 2.51. The van der Waals surface area contributed by atoms with E-state index in [9.17, 15) is 9.59 Å². The van der Waals surface area contributed by atoms with Crippen LogP contribution in [0, 0.1) is 0 Å². The van der Waals surface area contributed by atoms with Crippen LogP contribution < -0.4 is 9.64 Å². The van der Waals surface area contributed by atoms with Gasteiger partial charge in [0.25, 0.3) is 11.7 Å². The van der Waals surface area contributed by atoms with Crippen molar-refractivity contribution in [1.82, 2.24) is 0 Å². The van der Waals surface area contributed by atoms with E-state index in [1.807, 2.05) is 6.07 Å². The maximum absolute atomic E-state index is 12.2. The molecule has 0 spiro atoms. The predicted octanol–water partition coefficient (Wildman–Crippen LogP) is 4.86. The summed E-state index contributed by atoms with van der Waals surface area (Å²) in [5, 5.41) is 0.649. The van der Waals surface area contributed by atoms with E-state index >= 15 is 0 Å². The van der Waals surface area contributed by atoms with Crippen LogP contribution in [0.1, 0.15) is 16.8 Å². The molecule has 0 fully saturated rings. The molecule has 1 aliphatic heterocycles. The summed E-state index contributed by atoms with van der Waals surface area (Å²) in [5.74, 6) is -0.269. The zero-order chi connectivity index (χ0) is 17.3. The van der Waals surface area contributed by atoms with Gasteiger partial charge in [-0.2, -0.15) is 0 Å². The largest absolute Gasteiger partial charge is 0.494 e. The average molecular weight is 474 g/mol. The Morgan fingerprint density at radius 3 is 2.50 bits per heavy atom. The van der Waals surface area contributed by atoms with Crippen molar-refractivity contribution in [2.45, 2.75) is 6.42 Å². The molecule has 0 saturated carbocycles. The summed E-state index contributed by atoms with van der Waals surface area (Å²) in [4.78, 5) is 25.8. The molecule has 4 nitrogen and oxygen atoms in total. The normalized spacial score (nSPS) is 13.4. The van der Waals surface area contributed by atoms with E-state index < -0.39 is 11.7 Å². The highest BCUT2D eigenvalue weighted by Gasteiger charge is 2.37. The van der Waals surface area contributed by atoms with Crippen LogP contribution in [0.25, 0.3) is 0 Å². The molecule has 0 aromatic heterocycles. The Balaban J connectivity index is 1.65. The van der Waals surface area contributed by atoms with Crippen molar-refractivity contribution in [3.8, 4) is 5.75 Å². The summed E-state index contributed by atoms with van der Waals surface area (Å²) in [5.41, 5.74) is 1.04. The monoisotopic (exact) mass is 471 g/mol. The summed E-state index contributed by atoms with van der Waals surface area (Å²) >= 11 is 12.6. The van der Waals surface area contributed by atoms with Crippen LogP contribution in [-0.2, 0) is 4.79 Å². The van der Waals surface area contributed by atoms with E-state index in [1.54, 1.807) is 30.3 Å². The van der Waals surface area contributed by atoms with Crippen LogP contribution in [0.5, 0.6) is 5.75 Å². The van der Waals surface area contributed by atoms with E-state index in [1.165, 1.54) is 4.90 Å². The van der Waals surface area contributed by atoms with Crippen molar-refractivity contribution in [3.63, 3.8) is 0 Å². The maximum atomic E-state index is 12.2. The van der Waals surface area contributed by atoms with Gasteiger partial charge in [0, 0.05) is 20.5 Å². The molecular formula is C17H12Br2ClNO3. The summed E-state index contributed by atoms with van der Waals surface area (Å²) in [6.45, 7) is 0.842. The molecule has 3 rings (SSSR count). The number of carbonyl (C=O) groups excluding carboxylic acids is 2. The lowest BCUT2D eigenvalue weighted by atomic mass is 10.1. The summed E-state index contributed by atoms with van der Waals surface area (Å²) in [7, 11) is 0. The molecule has 1 heterocycles. The first kappa shape index (κ1) is 17.5. The minimum atomic E-state index is -0.504.